The third-order valence-corrected chi connectivity index (χ3v) is 4.04. The Morgan fingerprint density at radius 2 is 1.05 bits per heavy atom. The zero-order chi connectivity index (χ0) is 15.4. The third kappa shape index (κ3) is 23.3. The summed E-state index contributed by atoms with van der Waals surface area (Å²) in [5, 5.41) is 0. The molecule has 0 amide bonds. The molecule has 0 rings (SSSR count). The zero-order valence-electron chi connectivity index (χ0n) is 14.4. The van der Waals surface area contributed by atoms with Crippen molar-refractivity contribution in [3.8, 4) is 0 Å². The van der Waals surface area contributed by atoms with Gasteiger partial charge in [0.05, 0.1) is 0 Å². The second-order valence-electron chi connectivity index (χ2n) is 6.19. The maximum atomic E-state index is 10.0. The van der Waals surface area contributed by atoms with Crippen molar-refractivity contribution in [2.75, 3.05) is 0 Å². The van der Waals surface area contributed by atoms with Crippen LogP contribution in [-0.2, 0) is 4.79 Å². The summed E-state index contributed by atoms with van der Waals surface area (Å²) in [6.45, 7) is 2.27. The molecule has 1 nitrogen and oxygen atoms in total. The second-order valence-corrected chi connectivity index (χ2v) is 6.19. The normalized spacial score (nSPS) is 10.8. The van der Waals surface area contributed by atoms with Gasteiger partial charge in [-0.2, -0.15) is 0 Å². The fourth-order valence-electron chi connectivity index (χ4n) is 2.62. The summed E-state index contributed by atoms with van der Waals surface area (Å²) in [4.78, 5) is 10.0. The van der Waals surface area contributed by atoms with Crippen LogP contribution in [0.3, 0.4) is 0 Å². The summed E-state index contributed by atoms with van der Waals surface area (Å²) in [5.74, 6) is 0. The molecule has 125 valence electrons. The van der Waals surface area contributed by atoms with Crippen LogP contribution in [0.1, 0.15) is 110 Å². The molecular weight excluding hydrogens is 295 g/mol. The Balaban J connectivity index is 0. The number of hydrogen-bond acceptors (Lipinski definition) is 1. The fourth-order valence-corrected chi connectivity index (χ4v) is 2.62. The average molecular weight is 334 g/mol. The quantitative estimate of drug-likeness (QED) is 0.174. The van der Waals surface area contributed by atoms with Crippen molar-refractivity contribution >= 4 is 57.7 Å². The van der Waals surface area contributed by atoms with Crippen LogP contribution in [0.25, 0.3) is 0 Å². The molecule has 0 aliphatic carbocycles. The van der Waals surface area contributed by atoms with Crippen LogP contribution in [0.15, 0.2) is 12.2 Å². The van der Waals surface area contributed by atoms with Crippen molar-refractivity contribution in [3.05, 3.63) is 12.2 Å². The Morgan fingerprint density at radius 3 is 1.50 bits per heavy atom. The van der Waals surface area contributed by atoms with Gasteiger partial charge >= 0.3 is 51.4 Å². The summed E-state index contributed by atoms with van der Waals surface area (Å²) in [5.41, 5.74) is 0. The van der Waals surface area contributed by atoms with Crippen LogP contribution in [-0.4, -0.2) is 57.7 Å². The average Bonchev–Trinajstić information content (AvgIpc) is 2.50. The van der Waals surface area contributed by atoms with Gasteiger partial charge in [-0.3, -0.25) is 4.79 Å². The van der Waals surface area contributed by atoms with E-state index in [4.69, 9.17) is 0 Å². The standard InChI is InChI=1S/C20H37O.K.H/c1-2-3-4-5-6-7-8-9-10-11-12-13-14-15-16-17-18-19-20-21;;/h9-10H,2-8,11-19H2,1H3;;/b10-9-;;. The Kier molecular flexibility index (Phi) is 27.9. The van der Waals surface area contributed by atoms with Gasteiger partial charge in [-0.25, -0.2) is 0 Å². The van der Waals surface area contributed by atoms with Crippen molar-refractivity contribution in [3.63, 3.8) is 0 Å². The van der Waals surface area contributed by atoms with Crippen LogP contribution >= 0.6 is 0 Å². The molecule has 0 heterocycles. The molecule has 0 aliphatic heterocycles. The summed E-state index contributed by atoms with van der Waals surface area (Å²) >= 11 is 0. The van der Waals surface area contributed by atoms with Crippen molar-refractivity contribution in [2.45, 2.75) is 110 Å². The Labute approximate surface area is 182 Å². The first-order chi connectivity index (χ1) is 10.4. The van der Waals surface area contributed by atoms with Crippen LogP contribution in [0.2, 0.25) is 0 Å². The molecular formula is C20H38KO. The van der Waals surface area contributed by atoms with E-state index in [1.807, 2.05) is 6.29 Å². The molecule has 1 radical (unpaired) electrons. The minimum absolute atomic E-state index is 0. The molecule has 0 aromatic carbocycles. The number of allylic oxidation sites excluding steroid dienone is 2. The van der Waals surface area contributed by atoms with Gasteiger partial charge in [0.15, 0.2) is 6.29 Å². The summed E-state index contributed by atoms with van der Waals surface area (Å²) in [6, 6.07) is 0. The molecule has 0 aromatic rings. The third-order valence-electron chi connectivity index (χ3n) is 4.04. The van der Waals surface area contributed by atoms with Crippen LogP contribution in [0, 0.1) is 0 Å². The summed E-state index contributed by atoms with van der Waals surface area (Å²) in [6.07, 6.45) is 27.2. The molecule has 2 heteroatoms. The number of rotatable bonds is 17. The van der Waals surface area contributed by atoms with E-state index >= 15 is 0 Å². The van der Waals surface area contributed by atoms with Crippen molar-refractivity contribution in [1.29, 1.82) is 0 Å². The van der Waals surface area contributed by atoms with Gasteiger partial charge in [0.2, 0.25) is 0 Å². The minimum atomic E-state index is 0. The van der Waals surface area contributed by atoms with Gasteiger partial charge < -0.3 is 0 Å². The molecule has 0 atom stereocenters. The Hall–Kier alpha value is 1.05. The van der Waals surface area contributed by atoms with E-state index in [1.54, 1.807) is 0 Å². The van der Waals surface area contributed by atoms with Crippen LogP contribution in [0.5, 0.6) is 0 Å². The van der Waals surface area contributed by atoms with E-state index in [9.17, 15) is 4.79 Å². The molecule has 0 saturated heterocycles. The van der Waals surface area contributed by atoms with E-state index in [-0.39, 0.29) is 51.4 Å². The predicted octanol–water partition coefficient (Wildman–Crippen LogP) is 6.27. The monoisotopic (exact) mass is 333 g/mol. The van der Waals surface area contributed by atoms with Gasteiger partial charge in [-0.1, -0.05) is 83.3 Å². The molecule has 0 saturated carbocycles. The SMILES string of the molecule is CCCCCCCC/C=C\CCCCCCCCC[C]=O.[KH]. The molecule has 0 unspecified atom stereocenters. The number of carbonyl (C=O) groups excluding carboxylic acids is 1. The molecule has 0 spiro atoms. The molecule has 0 aromatic heterocycles. The van der Waals surface area contributed by atoms with Crippen molar-refractivity contribution in [2.24, 2.45) is 0 Å². The topological polar surface area (TPSA) is 17.1 Å². The van der Waals surface area contributed by atoms with Gasteiger partial charge in [-0.15, -0.1) is 0 Å². The molecule has 0 N–H and O–H groups in total. The van der Waals surface area contributed by atoms with E-state index in [1.165, 1.54) is 89.9 Å². The van der Waals surface area contributed by atoms with Gasteiger partial charge in [0, 0.05) is 6.42 Å². The second kappa shape index (κ2) is 24.3. The Bertz CT molecular complexity index is 226. The van der Waals surface area contributed by atoms with E-state index in [0.29, 0.717) is 6.42 Å². The Morgan fingerprint density at radius 1 is 0.636 bits per heavy atom. The molecule has 22 heavy (non-hydrogen) atoms. The molecule has 0 aliphatic rings. The van der Waals surface area contributed by atoms with Crippen LogP contribution < -0.4 is 0 Å². The number of unbranched alkanes of at least 4 members (excludes halogenated alkanes) is 14. The van der Waals surface area contributed by atoms with E-state index in [2.05, 4.69) is 19.1 Å². The molecule has 0 fully saturated rings. The summed E-state index contributed by atoms with van der Waals surface area (Å²) in [7, 11) is 0. The van der Waals surface area contributed by atoms with Crippen LogP contribution in [0.4, 0.5) is 0 Å². The maximum absolute atomic E-state index is 10.0. The van der Waals surface area contributed by atoms with E-state index < -0.39 is 0 Å². The predicted molar refractivity (Wildman–Crippen MR) is 102 cm³/mol. The van der Waals surface area contributed by atoms with Crippen molar-refractivity contribution < 1.29 is 4.79 Å². The van der Waals surface area contributed by atoms with E-state index in [0.717, 1.165) is 6.42 Å². The zero-order valence-corrected chi connectivity index (χ0v) is 14.4. The van der Waals surface area contributed by atoms with Gasteiger partial charge in [-0.05, 0) is 32.1 Å². The first-order valence-electron chi connectivity index (χ1n) is 9.41. The van der Waals surface area contributed by atoms with Crippen molar-refractivity contribution in [1.82, 2.24) is 0 Å². The first kappa shape index (κ1) is 25.3. The first-order valence-corrected chi connectivity index (χ1v) is 9.41. The molecule has 0 bridgehead atoms. The van der Waals surface area contributed by atoms with Gasteiger partial charge in [0.25, 0.3) is 0 Å². The number of hydrogen-bond donors (Lipinski definition) is 0. The summed E-state index contributed by atoms with van der Waals surface area (Å²) < 4.78 is 0. The van der Waals surface area contributed by atoms with Gasteiger partial charge in [0.1, 0.15) is 0 Å². The fraction of sp³-hybridized carbons (Fsp3) is 0.850.